The van der Waals surface area contributed by atoms with Gasteiger partial charge in [0.2, 0.25) is 0 Å². The van der Waals surface area contributed by atoms with Crippen LogP contribution in [0.25, 0.3) is 0 Å². The smallest absolute Gasteiger partial charge is 0.320 e. The Kier molecular flexibility index (Phi) is 5.77. The van der Waals surface area contributed by atoms with Crippen LogP contribution in [0.3, 0.4) is 0 Å². The van der Waals surface area contributed by atoms with Gasteiger partial charge in [0.05, 0.1) is 0 Å². The highest BCUT2D eigenvalue weighted by Gasteiger charge is 2.25. The molecule has 3 nitrogen and oxygen atoms in total. The number of hydrogen-bond donors (Lipinski definition) is 1. The quantitative estimate of drug-likeness (QED) is 0.716. The first-order chi connectivity index (χ1) is 6.40. The Bertz CT molecular complexity index is 180. The Labute approximate surface area is 87.1 Å². The third-order valence-corrected chi connectivity index (χ3v) is 2.76. The number of rotatable bonds is 6. The minimum absolute atomic E-state index is 0.329. The van der Waals surface area contributed by atoms with E-state index in [0.717, 1.165) is 12.8 Å². The highest BCUT2D eigenvalue weighted by Crippen LogP contribution is 2.14. The molecule has 0 radical (unpaired) electrons. The Hall–Kier alpha value is -0.570. The molecule has 0 aliphatic rings. The van der Waals surface area contributed by atoms with E-state index in [1.54, 1.807) is 0 Å². The first-order valence-electron chi connectivity index (χ1n) is 5.34. The minimum atomic E-state index is -0.707. The summed E-state index contributed by atoms with van der Waals surface area (Å²) in [6.45, 7) is 8.26. The first kappa shape index (κ1) is 13.4. The Morgan fingerprint density at radius 1 is 1.36 bits per heavy atom. The Balaban J connectivity index is 4.40. The van der Waals surface area contributed by atoms with Gasteiger partial charge in [-0.1, -0.05) is 20.8 Å². The summed E-state index contributed by atoms with van der Waals surface area (Å²) < 4.78 is 0. The maximum absolute atomic E-state index is 11.1. The fourth-order valence-corrected chi connectivity index (χ4v) is 1.48. The van der Waals surface area contributed by atoms with Crippen molar-refractivity contribution in [1.82, 2.24) is 4.90 Å². The fourth-order valence-electron chi connectivity index (χ4n) is 1.48. The summed E-state index contributed by atoms with van der Waals surface area (Å²) in [7, 11) is 1.90. The molecule has 0 aliphatic heterocycles. The molecule has 14 heavy (non-hydrogen) atoms. The molecule has 2 atom stereocenters. The van der Waals surface area contributed by atoms with E-state index in [9.17, 15) is 4.79 Å². The molecule has 0 fully saturated rings. The van der Waals surface area contributed by atoms with E-state index in [4.69, 9.17) is 5.11 Å². The van der Waals surface area contributed by atoms with Crippen molar-refractivity contribution in [3.05, 3.63) is 0 Å². The van der Waals surface area contributed by atoms with Gasteiger partial charge in [0.25, 0.3) is 0 Å². The zero-order valence-corrected chi connectivity index (χ0v) is 9.95. The molecule has 1 N–H and O–H groups in total. The average molecular weight is 201 g/mol. The van der Waals surface area contributed by atoms with Gasteiger partial charge in [-0.05, 0) is 32.7 Å². The van der Waals surface area contributed by atoms with Gasteiger partial charge in [-0.25, -0.2) is 0 Å². The lowest BCUT2D eigenvalue weighted by molar-refractivity contribution is -0.144. The largest absolute Gasteiger partial charge is 0.480 e. The maximum atomic E-state index is 11.1. The van der Waals surface area contributed by atoms with Crippen LogP contribution in [-0.4, -0.2) is 35.1 Å². The SMILES string of the molecule is CCC(C)N(C)C(CC(C)C)C(=O)O. The molecule has 3 heteroatoms. The second kappa shape index (κ2) is 6.02. The van der Waals surface area contributed by atoms with Crippen molar-refractivity contribution in [1.29, 1.82) is 0 Å². The van der Waals surface area contributed by atoms with Crippen LogP contribution in [0.5, 0.6) is 0 Å². The van der Waals surface area contributed by atoms with E-state index in [1.807, 2.05) is 11.9 Å². The van der Waals surface area contributed by atoms with E-state index in [0.29, 0.717) is 12.0 Å². The van der Waals surface area contributed by atoms with E-state index in [2.05, 4.69) is 27.7 Å². The second-order valence-corrected chi connectivity index (χ2v) is 4.41. The molecule has 0 heterocycles. The summed E-state index contributed by atoms with van der Waals surface area (Å²) >= 11 is 0. The lowest BCUT2D eigenvalue weighted by atomic mass is 10.0. The third-order valence-electron chi connectivity index (χ3n) is 2.76. The second-order valence-electron chi connectivity index (χ2n) is 4.41. The third kappa shape index (κ3) is 4.09. The van der Waals surface area contributed by atoms with Crippen molar-refractivity contribution in [3.8, 4) is 0 Å². The number of nitrogens with zero attached hydrogens (tertiary/aromatic N) is 1. The monoisotopic (exact) mass is 201 g/mol. The lowest BCUT2D eigenvalue weighted by Gasteiger charge is -2.30. The predicted molar refractivity (Wildman–Crippen MR) is 58.4 cm³/mol. The van der Waals surface area contributed by atoms with Crippen LogP contribution in [-0.2, 0) is 4.79 Å². The molecule has 0 aromatic rings. The highest BCUT2D eigenvalue weighted by molar-refractivity contribution is 5.73. The molecular weight excluding hydrogens is 178 g/mol. The van der Waals surface area contributed by atoms with Crippen molar-refractivity contribution in [3.63, 3.8) is 0 Å². The number of hydrogen-bond acceptors (Lipinski definition) is 2. The van der Waals surface area contributed by atoms with Crippen molar-refractivity contribution >= 4 is 5.97 Å². The van der Waals surface area contributed by atoms with Gasteiger partial charge in [0.15, 0.2) is 0 Å². The van der Waals surface area contributed by atoms with Gasteiger partial charge in [-0.15, -0.1) is 0 Å². The number of carbonyl (C=O) groups is 1. The number of likely N-dealkylation sites (N-methyl/N-ethyl adjacent to an activating group) is 1. The van der Waals surface area contributed by atoms with Gasteiger partial charge in [-0.3, -0.25) is 9.69 Å². The van der Waals surface area contributed by atoms with Crippen LogP contribution >= 0.6 is 0 Å². The number of carboxylic acid groups (broad SMARTS) is 1. The summed E-state index contributed by atoms with van der Waals surface area (Å²) in [5.74, 6) is -0.288. The molecule has 0 spiro atoms. The summed E-state index contributed by atoms with van der Waals surface area (Å²) in [5, 5.41) is 9.10. The number of aliphatic carboxylic acids is 1. The predicted octanol–water partition coefficient (Wildman–Crippen LogP) is 2.22. The van der Waals surface area contributed by atoms with Gasteiger partial charge >= 0.3 is 5.97 Å². The molecule has 0 aromatic heterocycles. The van der Waals surface area contributed by atoms with Crippen LogP contribution in [0.15, 0.2) is 0 Å². The van der Waals surface area contributed by atoms with Gasteiger partial charge < -0.3 is 5.11 Å². The van der Waals surface area contributed by atoms with Gasteiger partial charge in [0, 0.05) is 6.04 Å². The summed E-state index contributed by atoms with van der Waals surface area (Å²) in [4.78, 5) is 13.0. The molecule has 2 unspecified atom stereocenters. The van der Waals surface area contributed by atoms with Gasteiger partial charge in [0.1, 0.15) is 6.04 Å². The lowest BCUT2D eigenvalue weighted by Crippen LogP contribution is -2.44. The van der Waals surface area contributed by atoms with E-state index < -0.39 is 5.97 Å². The topological polar surface area (TPSA) is 40.5 Å². The van der Waals surface area contributed by atoms with Gasteiger partial charge in [-0.2, -0.15) is 0 Å². The summed E-state index contributed by atoms with van der Waals surface area (Å²) in [6, 6.07) is -0.0141. The van der Waals surface area contributed by atoms with Crippen molar-refractivity contribution < 1.29 is 9.90 Å². The van der Waals surface area contributed by atoms with Crippen molar-refractivity contribution in [2.24, 2.45) is 5.92 Å². The zero-order valence-electron chi connectivity index (χ0n) is 9.95. The fraction of sp³-hybridized carbons (Fsp3) is 0.909. The van der Waals surface area contributed by atoms with Crippen LogP contribution in [0.2, 0.25) is 0 Å². The summed E-state index contributed by atoms with van der Waals surface area (Å²) in [6.07, 6.45) is 1.70. The molecule has 0 bridgehead atoms. The van der Waals surface area contributed by atoms with Crippen molar-refractivity contribution in [2.75, 3.05) is 7.05 Å². The first-order valence-corrected chi connectivity index (χ1v) is 5.34. The molecule has 0 aliphatic carbocycles. The zero-order chi connectivity index (χ0) is 11.3. The summed E-state index contributed by atoms with van der Waals surface area (Å²) in [5.41, 5.74) is 0. The van der Waals surface area contributed by atoms with Crippen LogP contribution < -0.4 is 0 Å². The molecule has 0 saturated heterocycles. The molecule has 0 aromatic carbocycles. The van der Waals surface area contributed by atoms with E-state index in [-0.39, 0.29) is 6.04 Å². The molecule has 0 amide bonds. The standard InChI is InChI=1S/C11H23NO2/c1-6-9(4)12(5)10(11(13)14)7-8(2)3/h8-10H,6-7H2,1-5H3,(H,13,14). The average Bonchev–Trinajstić information content (AvgIpc) is 2.11. The van der Waals surface area contributed by atoms with Crippen molar-refractivity contribution in [2.45, 2.75) is 52.6 Å². The van der Waals surface area contributed by atoms with E-state index >= 15 is 0 Å². The molecule has 0 rings (SSSR count). The number of carboxylic acids is 1. The van der Waals surface area contributed by atoms with E-state index in [1.165, 1.54) is 0 Å². The Morgan fingerprint density at radius 2 is 1.86 bits per heavy atom. The molecule has 84 valence electrons. The minimum Gasteiger partial charge on any atom is -0.480 e. The Morgan fingerprint density at radius 3 is 2.14 bits per heavy atom. The maximum Gasteiger partial charge on any atom is 0.320 e. The van der Waals surface area contributed by atoms with Crippen LogP contribution in [0, 0.1) is 5.92 Å². The molecular formula is C11H23NO2. The normalized spacial score (nSPS) is 15.9. The van der Waals surface area contributed by atoms with Crippen LogP contribution in [0.4, 0.5) is 0 Å². The van der Waals surface area contributed by atoms with Crippen LogP contribution in [0.1, 0.15) is 40.5 Å². The molecule has 0 saturated carbocycles. The highest BCUT2D eigenvalue weighted by atomic mass is 16.4.